The van der Waals surface area contributed by atoms with Gasteiger partial charge in [0.25, 0.3) is 11.8 Å². The van der Waals surface area contributed by atoms with Gasteiger partial charge >= 0.3 is 17.8 Å². The Balaban J connectivity index is 1.66. The quantitative estimate of drug-likeness (QED) is 0.302. The fourth-order valence-corrected chi connectivity index (χ4v) is 2.32. The zero-order chi connectivity index (χ0) is 17.0. The van der Waals surface area contributed by atoms with Gasteiger partial charge in [-0.1, -0.05) is 6.42 Å². The van der Waals surface area contributed by atoms with E-state index in [1.807, 2.05) is 0 Å². The van der Waals surface area contributed by atoms with E-state index in [1.54, 1.807) is 0 Å². The number of nitrogens with zero attached hydrogens (tertiary/aromatic N) is 2. The van der Waals surface area contributed by atoms with Crippen LogP contribution in [0.3, 0.4) is 0 Å². The van der Waals surface area contributed by atoms with Crippen LogP contribution in [-0.4, -0.2) is 51.1 Å². The van der Waals surface area contributed by atoms with E-state index < -0.39 is 22.6 Å². The van der Waals surface area contributed by atoms with E-state index in [0.717, 1.165) is 4.90 Å². The van der Waals surface area contributed by atoms with Gasteiger partial charge in [0.1, 0.15) is 4.81 Å². The Bertz CT molecular complexity index is 562. The average Bonchev–Trinajstić information content (AvgIpc) is 2.94. The fraction of sp³-hybridized carbons (Fsp3) is 0.500. The highest BCUT2D eigenvalue weighted by Crippen LogP contribution is 2.21. The van der Waals surface area contributed by atoms with Gasteiger partial charge in [0.05, 0.1) is 19.3 Å². The van der Waals surface area contributed by atoms with Crippen LogP contribution in [-0.2, 0) is 28.8 Å². The second-order valence-electron chi connectivity index (χ2n) is 5.30. The third kappa shape index (κ3) is 3.69. The first kappa shape index (κ1) is 17.0. The average molecular weight is 325 g/mol. The lowest BCUT2D eigenvalue weighted by Crippen LogP contribution is -2.50. The second kappa shape index (κ2) is 6.80. The minimum absolute atomic E-state index is 0.0821. The van der Waals surface area contributed by atoms with Crippen molar-refractivity contribution in [2.75, 3.05) is 6.54 Å². The molecule has 0 spiro atoms. The molecule has 1 N–H and O–H groups in total. The van der Waals surface area contributed by atoms with Crippen LogP contribution < -0.4 is 0 Å². The molecule has 0 aromatic rings. The topological polar surface area (TPSA) is 118 Å². The summed E-state index contributed by atoms with van der Waals surface area (Å²) < 4.78 is 0. The second-order valence-corrected chi connectivity index (χ2v) is 5.30. The maximum absolute atomic E-state index is 11.6. The molecule has 0 aliphatic carbocycles. The number of amides is 4. The van der Waals surface area contributed by atoms with Crippen molar-refractivity contribution in [2.45, 2.75) is 38.5 Å². The van der Waals surface area contributed by atoms with E-state index in [1.165, 1.54) is 12.2 Å². The van der Waals surface area contributed by atoms with Gasteiger partial charge in [-0.2, -0.15) is 5.21 Å². The van der Waals surface area contributed by atoms with Crippen molar-refractivity contribution in [1.29, 1.82) is 0 Å². The van der Waals surface area contributed by atoms with Gasteiger partial charge in [-0.05, 0) is 12.8 Å². The molecule has 4 amide bonds. The molecule has 2 heterocycles. The SMILES string of the molecule is O=C(CCCCCN1C(=O)C=CC1=O)O[N+]1(O)C(=O)CCC1=O. The molecule has 9 heteroatoms. The molecule has 2 aliphatic heterocycles. The molecule has 23 heavy (non-hydrogen) atoms. The third-order valence-corrected chi connectivity index (χ3v) is 3.63. The van der Waals surface area contributed by atoms with Crippen molar-refractivity contribution in [1.82, 2.24) is 4.90 Å². The lowest BCUT2D eigenvalue weighted by molar-refractivity contribution is -1.12. The highest BCUT2D eigenvalue weighted by Gasteiger charge is 2.55. The Labute approximate surface area is 131 Å². The van der Waals surface area contributed by atoms with E-state index in [9.17, 15) is 29.2 Å². The predicted molar refractivity (Wildman–Crippen MR) is 71.7 cm³/mol. The molecule has 2 rings (SSSR count). The number of carbonyl (C=O) groups excluding carboxylic acids is 5. The summed E-state index contributed by atoms with van der Waals surface area (Å²) in [5, 5.41) is 9.71. The first-order chi connectivity index (χ1) is 10.8. The summed E-state index contributed by atoms with van der Waals surface area (Å²) in [5.41, 5.74) is 0. The Hall–Kier alpha value is -2.39. The van der Waals surface area contributed by atoms with Gasteiger partial charge in [-0.15, -0.1) is 0 Å². The molecule has 0 atom stereocenters. The smallest absolute Gasteiger partial charge is 0.275 e. The van der Waals surface area contributed by atoms with E-state index >= 15 is 0 Å². The number of hydrogen-bond acceptors (Lipinski definition) is 7. The maximum Gasteiger partial charge on any atom is 0.397 e. The van der Waals surface area contributed by atoms with Crippen LogP contribution in [0.5, 0.6) is 0 Å². The lowest BCUT2D eigenvalue weighted by Gasteiger charge is -2.16. The maximum atomic E-state index is 11.6. The lowest BCUT2D eigenvalue weighted by atomic mass is 10.2. The first-order valence-corrected chi connectivity index (χ1v) is 7.29. The first-order valence-electron chi connectivity index (χ1n) is 7.29. The number of imide groups is 2. The van der Waals surface area contributed by atoms with Crippen LogP contribution in [0.4, 0.5) is 0 Å². The summed E-state index contributed by atoms with van der Waals surface area (Å²) in [6.07, 6.45) is 3.44. The molecule has 0 unspecified atom stereocenters. The van der Waals surface area contributed by atoms with Crippen LogP contribution in [0.25, 0.3) is 0 Å². The van der Waals surface area contributed by atoms with Crippen LogP contribution >= 0.6 is 0 Å². The third-order valence-electron chi connectivity index (χ3n) is 3.63. The number of rotatable bonds is 7. The minimum Gasteiger partial charge on any atom is -0.275 e. The van der Waals surface area contributed by atoms with Gasteiger partial charge in [-0.25, -0.2) is 19.2 Å². The molecular formula is C14H17N2O7+. The molecule has 124 valence electrons. The van der Waals surface area contributed by atoms with Crippen molar-refractivity contribution < 1.29 is 38.8 Å². The fourth-order valence-electron chi connectivity index (χ4n) is 2.32. The molecule has 9 nitrogen and oxygen atoms in total. The van der Waals surface area contributed by atoms with E-state index in [4.69, 9.17) is 0 Å². The normalized spacial score (nSPS) is 19.8. The summed E-state index contributed by atoms with van der Waals surface area (Å²) in [6, 6.07) is 0. The Morgan fingerprint density at radius 1 is 1.04 bits per heavy atom. The number of hydrogen-bond donors (Lipinski definition) is 1. The molecule has 0 aromatic heterocycles. The van der Waals surface area contributed by atoms with Crippen molar-refractivity contribution in [2.24, 2.45) is 0 Å². The monoisotopic (exact) mass is 325 g/mol. The Morgan fingerprint density at radius 2 is 1.61 bits per heavy atom. The van der Waals surface area contributed by atoms with Crippen LogP contribution in [0.2, 0.25) is 0 Å². The summed E-state index contributed by atoms with van der Waals surface area (Å²) in [5.74, 6) is -3.28. The van der Waals surface area contributed by atoms with Gasteiger partial charge in [0.15, 0.2) is 0 Å². The van der Waals surface area contributed by atoms with E-state index in [2.05, 4.69) is 4.84 Å². The van der Waals surface area contributed by atoms with Crippen molar-refractivity contribution in [3.8, 4) is 0 Å². The summed E-state index contributed by atoms with van der Waals surface area (Å²) >= 11 is 0. The summed E-state index contributed by atoms with van der Waals surface area (Å²) in [6.45, 7) is 0.261. The Kier molecular flexibility index (Phi) is 5.02. The van der Waals surface area contributed by atoms with Gasteiger partial charge in [-0.3, -0.25) is 14.5 Å². The zero-order valence-electron chi connectivity index (χ0n) is 12.4. The number of quaternary nitrogens is 1. The summed E-state index contributed by atoms with van der Waals surface area (Å²) in [7, 11) is 0. The van der Waals surface area contributed by atoms with Crippen molar-refractivity contribution in [3.05, 3.63) is 12.2 Å². The van der Waals surface area contributed by atoms with Gasteiger partial charge in [0, 0.05) is 18.7 Å². The van der Waals surface area contributed by atoms with Crippen LogP contribution in [0.15, 0.2) is 12.2 Å². The number of carbonyl (C=O) groups is 5. The van der Waals surface area contributed by atoms with Gasteiger partial charge in [0.2, 0.25) is 0 Å². The molecule has 0 saturated carbocycles. The molecular weight excluding hydrogens is 308 g/mol. The van der Waals surface area contributed by atoms with E-state index in [-0.39, 0.29) is 37.6 Å². The molecule has 0 aromatic carbocycles. The van der Waals surface area contributed by atoms with Crippen LogP contribution in [0, 0.1) is 0 Å². The standard InChI is InChI=1S/C14H17N2O7/c17-10-5-6-11(18)15(10)9-3-1-2-4-14(21)23-16(22)12(19)7-8-13(16)20/h5-6,22H,1-4,7-9H2/q+1. The minimum atomic E-state index is -1.90. The summed E-state index contributed by atoms with van der Waals surface area (Å²) in [4.78, 5) is 60.7. The zero-order valence-corrected chi connectivity index (χ0v) is 12.4. The predicted octanol–water partition coefficient (Wildman–Crippen LogP) is -0.0170. The molecule has 0 radical (unpaired) electrons. The van der Waals surface area contributed by atoms with Crippen molar-refractivity contribution in [3.63, 3.8) is 0 Å². The van der Waals surface area contributed by atoms with E-state index in [0.29, 0.717) is 19.3 Å². The van der Waals surface area contributed by atoms with Crippen molar-refractivity contribution >= 4 is 29.6 Å². The van der Waals surface area contributed by atoms with Gasteiger partial charge < -0.3 is 0 Å². The number of hydroxylamine groups is 4. The largest absolute Gasteiger partial charge is 0.397 e. The number of unbranched alkanes of at least 4 members (excludes halogenated alkanes) is 2. The molecule has 1 fully saturated rings. The molecule has 0 bridgehead atoms. The molecule has 1 saturated heterocycles. The van der Waals surface area contributed by atoms with Crippen LogP contribution in [0.1, 0.15) is 38.5 Å². The highest BCUT2D eigenvalue weighted by molar-refractivity contribution is 6.12. The Morgan fingerprint density at radius 3 is 2.17 bits per heavy atom. The molecule has 2 aliphatic rings. The highest BCUT2D eigenvalue weighted by atomic mass is 17.0.